The normalized spacial score (nSPS) is 10.0. The SMILES string of the molecule is Cc1cc(=O)oc2cc(OCC(=O)OCC#N)ccc12. The van der Waals surface area contributed by atoms with Crippen LogP contribution in [-0.2, 0) is 9.53 Å². The minimum Gasteiger partial charge on any atom is -0.482 e. The van der Waals surface area contributed by atoms with Gasteiger partial charge in [-0.05, 0) is 24.6 Å². The molecule has 0 atom stereocenters. The Morgan fingerprint density at radius 3 is 2.95 bits per heavy atom. The zero-order valence-corrected chi connectivity index (χ0v) is 10.7. The third-order valence-corrected chi connectivity index (χ3v) is 2.58. The van der Waals surface area contributed by atoms with Gasteiger partial charge < -0.3 is 13.9 Å². The summed E-state index contributed by atoms with van der Waals surface area (Å²) in [7, 11) is 0. The number of benzene rings is 1. The molecule has 6 heteroatoms. The second-order valence-electron chi connectivity index (χ2n) is 4.01. The minimum atomic E-state index is -0.641. The van der Waals surface area contributed by atoms with Crippen LogP contribution >= 0.6 is 0 Å². The first kappa shape index (κ1) is 13.6. The van der Waals surface area contributed by atoms with Crippen molar-refractivity contribution in [3.8, 4) is 11.8 Å². The van der Waals surface area contributed by atoms with Gasteiger partial charge in [0, 0.05) is 17.5 Å². The molecule has 2 rings (SSSR count). The highest BCUT2D eigenvalue weighted by molar-refractivity contribution is 5.81. The number of fused-ring (bicyclic) bond motifs is 1. The maximum absolute atomic E-state index is 11.3. The zero-order valence-electron chi connectivity index (χ0n) is 10.7. The molecular formula is C14H11NO5. The number of carbonyl (C=O) groups excluding carboxylic acids is 1. The number of ether oxygens (including phenoxy) is 2. The topological polar surface area (TPSA) is 89.5 Å². The summed E-state index contributed by atoms with van der Waals surface area (Å²) < 4.78 is 14.8. The number of hydrogen-bond donors (Lipinski definition) is 0. The Balaban J connectivity index is 2.14. The molecule has 1 aromatic heterocycles. The van der Waals surface area contributed by atoms with E-state index in [0.717, 1.165) is 10.9 Å². The van der Waals surface area contributed by atoms with E-state index in [1.54, 1.807) is 25.1 Å². The van der Waals surface area contributed by atoms with E-state index in [9.17, 15) is 9.59 Å². The molecule has 0 saturated heterocycles. The van der Waals surface area contributed by atoms with Gasteiger partial charge in [0.2, 0.25) is 0 Å². The molecule has 0 fully saturated rings. The summed E-state index contributed by atoms with van der Waals surface area (Å²) in [6.45, 7) is 1.18. The molecule has 0 saturated carbocycles. The molecule has 0 aliphatic heterocycles. The van der Waals surface area contributed by atoms with Crippen molar-refractivity contribution < 1.29 is 18.7 Å². The summed E-state index contributed by atoms with van der Waals surface area (Å²) in [6, 6.07) is 8.02. The molecule has 0 aliphatic carbocycles. The lowest BCUT2D eigenvalue weighted by Crippen LogP contribution is -2.14. The molecule has 0 amide bonds. The molecule has 1 aromatic carbocycles. The summed E-state index contributed by atoms with van der Waals surface area (Å²) in [5.74, 6) is -0.266. The molecule has 0 spiro atoms. The van der Waals surface area contributed by atoms with E-state index < -0.39 is 11.6 Å². The van der Waals surface area contributed by atoms with Crippen LogP contribution in [0.2, 0.25) is 0 Å². The summed E-state index contributed by atoms with van der Waals surface area (Å²) in [5, 5.41) is 9.06. The van der Waals surface area contributed by atoms with Gasteiger partial charge in [0.15, 0.2) is 13.2 Å². The van der Waals surface area contributed by atoms with E-state index in [1.165, 1.54) is 12.1 Å². The van der Waals surface area contributed by atoms with Crippen molar-refractivity contribution in [1.29, 1.82) is 5.26 Å². The molecule has 2 aromatic rings. The molecule has 0 radical (unpaired) electrons. The van der Waals surface area contributed by atoms with E-state index in [2.05, 4.69) is 4.74 Å². The fourth-order valence-electron chi connectivity index (χ4n) is 1.69. The van der Waals surface area contributed by atoms with E-state index in [0.29, 0.717) is 11.3 Å². The van der Waals surface area contributed by atoms with Crippen molar-refractivity contribution in [3.05, 3.63) is 40.2 Å². The number of hydrogen-bond acceptors (Lipinski definition) is 6. The zero-order chi connectivity index (χ0) is 14.5. The van der Waals surface area contributed by atoms with Crippen LogP contribution in [0.1, 0.15) is 5.56 Å². The lowest BCUT2D eigenvalue weighted by Gasteiger charge is -2.06. The Morgan fingerprint density at radius 1 is 1.40 bits per heavy atom. The second kappa shape index (κ2) is 5.89. The Labute approximate surface area is 114 Å². The largest absolute Gasteiger partial charge is 0.482 e. The quantitative estimate of drug-likeness (QED) is 0.620. The van der Waals surface area contributed by atoms with Crippen molar-refractivity contribution in [3.63, 3.8) is 0 Å². The van der Waals surface area contributed by atoms with E-state index in [1.807, 2.05) is 0 Å². The standard InChI is InChI=1S/C14H11NO5/c1-9-6-13(16)20-12-7-10(2-3-11(9)12)19-8-14(17)18-5-4-15/h2-3,6-7H,5,8H2,1H3. The molecule has 6 nitrogen and oxygen atoms in total. The number of carbonyl (C=O) groups is 1. The third-order valence-electron chi connectivity index (χ3n) is 2.58. The van der Waals surface area contributed by atoms with Crippen molar-refractivity contribution in [2.75, 3.05) is 13.2 Å². The molecule has 0 bridgehead atoms. The van der Waals surface area contributed by atoms with Gasteiger partial charge in [0.05, 0.1) is 0 Å². The van der Waals surface area contributed by atoms with Crippen LogP contribution in [0.15, 0.2) is 33.5 Å². The highest BCUT2D eigenvalue weighted by Crippen LogP contribution is 2.22. The highest BCUT2D eigenvalue weighted by Gasteiger charge is 2.07. The number of aryl methyl sites for hydroxylation is 1. The van der Waals surface area contributed by atoms with Gasteiger partial charge in [-0.1, -0.05) is 0 Å². The van der Waals surface area contributed by atoms with Crippen LogP contribution in [0.4, 0.5) is 0 Å². The number of nitrogens with zero attached hydrogens (tertiary/aromatic N) is 1. The van der Waals surface area contributed by atoms with E-state index in [4.69, 9.17) is 14.4 Å². The molecule has 20 heavy (non-hydrogen) atoms. The van der Waals surface area contributed by atoms with Gasteiger partial charge in [-0.15, -0.1) is 0 Å². The van der Waals surface area contributed by atoms with Crippen LogP contribution in [0.5, 0.6) is 5.75 Å². The third kappa shape index (κ3) is 3.14. The van der Waals surface area contributed by atoms with Gasteiger partial charge in [0.1, 0.15) is 17.4 Å². The highest BCUT2D eigenvalue weighted by atomic mass is 16.6. The predicted octanol–water partition coefficient (Wildman–Crippen LogP) is 1.55. The van der Waals surface area contributed by atoms with Crippen molar-refractivity contribution >= 4 is 16.9 Å². The summed E-state index contributed by atoms with van der Waals surface area (Å²) >= 11 is 0. The van der Waals surface area contributed by atoms with Crippen molar-refractivity contribution in [2.24, 2.45) is 0 Å². The monoisotopic (exact) mass is 273 g/mol. The molecule has 0 unspecified atom stereocenters. The second-order valence-corrected chi connectivity index (χ2v) is 4.01. The summed E-state index contributed by atoms with van der Waals surface area (Å²) in [6.07, 6.45) is 0. The van der Waals surface area contributed by atoms with Gasteiger partial charge in [-0.2, -0.15) is 5.26 Å². The first-order valence-electron chi connectivity index (χ1n) is 5.80. The van der Waals surface area contributed by atoms with Crippen LogP contribution in [0, 0.1) is 18.3 Å². The van der Waals surface area contributed by atoms with Crippen LogP contribution in [0.25, 0.3) is 11.0 Å². The average molecular weight is 273 g/mol. The smallest absolute Gasteiger partial charge is 0.345 e. The Hall–Kier alpha value is -2.81. The van der Waals surface area contributed by atoms with Gasteiger partial charge in [-0.3, -0.25) is 0 Å². The molecule has 0 aliphatic rings. The number of nitriles is 1. The number of esters is 1. The Kier molecular flexibility index (Phi) is 4.01. The fourth-order valence-corrected chi connectivity index (χ4v) is 1.69. The fraction of sp³-hybridized carbons (Fsp3) is 0.214. The maximum Gasteiger partial charge on any atom is 0.345 e. The van der Waals surface area contributed by atoms with E-state index in [-0.39, 0.29) is 13.2 Å². The first-order valence-corrected chi connectivity index (χ1v) is 5.80. The van der Waals surface area contributed by atoms with Crippen LogP contribution < -0.4 is 10.4 Å². The lowest BCUT2D eigenvalue weighted by molar-refractivity contribution is -0.144. The molecule has 0 N–H and O–H groups in total. The van der Waals surface area contributed by atoms with E-state index >= 15 is 0 Å². The van der Waals surface area contributed by atoms with Gasteiger partial charge in [-0.25, -0.2) is 9.59 Å². The Bertz CT molecular complexity index is 741. The van der Waals surface area contributed by atoms with Gasteiger partial charge >= 0.3 is 11.6 Å². The Morgan fingerprint density at radius 2 is 2.20 bits per heavy atom. The van der Waals surface area contributed by atoms with Crippen molar-refractivity contribution in [1.82, 2.24) is 0 Å². The van der Waals surface area contributed by atoms with Crippen LogP contribution in [-0.4, -0.2) is 19.2 Å². The van der Waals surface area contributed by atoms with Crippen LogP contribution in [0.3, 0.4) is 0 Å². The van der Waals surface area contributed by atoms with Crippen molar-refractivity contribution in [2.45, 2.75) is 6.92 Å². The minimum absolute atomic E-state index is 0.312. The molecule has 102 valence electrons. The molecule has 1 heterocycles. The van der Waals surface area contributed by atoms with Gasteiger partial charge in [0.25, 0.3) is 0 Å². The summed E-state index contributed by atoms with van der Waals surface area (Å²) in [5.41, 5.74) is 0.745. The average Bonchev–Trinajstić information content (AvgIpc) is 2.42. The lowest BCUT2D eigenvalue weighted by atomic mass is 10.1. The summed E-state index contributed by atoms with van der Waals surface area (Å²) in [4.78, 5) is 22.5. The predicted molar refractivity (Wildman–Crippen MR) is 69.3 cm³/mol. The molecular weight excluding hydrogens is 262 g/mol. The maximum atomic E-state index is 11.3. The first-order chi connectivity index (χ1) is 9.60. The number of rotatable bonds is 4.